The van der Waals surface area contributed by atoms with Gasteiger partial charge >= 0.3 is 0 Å². The van der Waals surface area contributed by atoms with Crippen molar-refractivity contribution in [1.29, 1.82) is 0 Å². The molecule has 0 unspecified atom stereocenters. The summed E-state index contributed by atoms with van der Waals surface area (Å²) < 4.78 is 5.12. The predicted octanol–water partition coefficient (Wildman–Crippen LogP) is 0.970. The second-order valence-corrected chi connectivity index (χ2v) is 8.24. The third-order valence-corrected chi connectivity index (χ3v) is 4.71. The molecule has 1 aromatic rings. The second kappa shape index (κ2) is 8.97. The van der Waals surface area contributed by atoms with Crippen LogP contribution in [0.15, 0.2) is 36.4 Å². The summed E-state index contributed by atoms with van der Waals surface area (Å²) in [5.41, 5.74) is 2.21. The van der Waals surface area contributed by atoms with Crippen LogP contribution in [0, 0.1) is 5.41 Å². The zero-order valence-corrected chi connectivity index (χ0v) is 16.4. The summed E-state index contributed by atoms with van der Waals surface area (Å²) in [5.74, 6) is -0.506. The first-order chi connectivity index (χ1) is 12.6. The van der Waals surface area contributed by atoms with E-state index in [1.165, 1.54) is 24.3 Å². The van der Waals surface area contributed by atoms with Crippen molar-refractivity contribution in [2.75, 3.05) is 7.11 Å². The molecule has 1 aliphatic carbocycles. The fraction of sp³-hybridized carbons (Fsp3) is 0.571. The molecular formula is C21H31NO5. The monoisotopic (exact) mass is 377 g/mol. The Morgan fingerprint density at radius 3 is 2.19 bits per heavy atom. The van der Waals surface area contributed by atoms with Crippen LogP contribution < -0.4 is 5.32 Å². The van der Waals surface area contributed by atoms with E-state index >= 15 is 0 Å². The molecule has 0 aliphatic heterocycles. The molecule has 0 spiro atoms. The molecule has 4 N–H and O–H groups in total. The Morgan fingerprint density at radius 2 is 1.70 bits per heavy atom. The van der Waals surface area contributed by atoms with Crippen molar-refractivity contribution in [2.24, 2.45) is 5.41 Å². The van der Waals surface area contributed by atoms with Gasteiger partial charge < -0.3 is 25.4 Å². The SMILES string of the molecule is CO[C@@H](C(=O)NC1Cc2ccccc2C1)[C@H](O)[C@@H](O)[C@H](O)/C=C/C(C)(C)C. The van der Waals surface area contributed by atoms with E-state index in [0.717, 1.165) is 0 Å². The number of fused-ring (bicyclic) bond motifs is 1. The Kier molecular flexibility index (Phi) is 7.17. The summed E-state index contributed by atoms with van der Waals surface area (Å²) >= 11 is 0. The number of hydrogen-bond acceptors (Lipinski definition) is 5. The first-order valence-electron chi connectivity index (χ1n) is 9.26. The highest BCUT2D eigenvalue weighted by molar-refractivity contribution is 5.82. The fourth-order valence-electron chi connectivity index (χ4n) is 3.23. The maximum atomic E-state index is 12.6. The minimum absolute atomic E-state index is 0.0809. The highest BCUT2D eigenvalue weighted by Crippen LogP contribution is 2.22. The van der Waals surface area contributed by atoms with Crippen molar-refractivity contribution in [2.45, 2.75) is 64.1 Å². The van der Waals surface area contributed by atoms with Crippen LogP contribution in [0.4, 0.5) is 0 Å². The smallest absolute Gasteiger partial charge is 0.252 e. The molecule has 1 aliphatic rings. The van der Waals surface area contributed by atoms with Crippen molar-refractivity contribution in [3.8, 4) is 0 Å². The lowest BCUT2D eigenvalue weighted by Crippen LogP contribution is -2.53. The quantitative estimate of drug-likeness (QED) is 0.531. The Balaban J connectivity index is 1.96. The Bertz CT molecular complexity index is 642. The normalized spacial score (nSPS) is 19.5. The number of amides is 1. The molecule has 0 fully saturated rings. The van der Waals surface area contributed by atoms with E-state index in [1.807, 2.05) is 45.0 Å². The van der Waals surface area contributed by atoms with Crippen LogP contribution in [0.25, 0.3) is 0 Å². The standard InChI is InChI=1S/C21H31NO5/c1-21(2,3)10-9-16(23)17(24)18(25)19(27-4)20(26)22-15-11-13-7-5-6-8-14(13)12-15/h5-10,15-19,23-25H,11-12H2,1-4H3,(H,22,26)/b10-9+/t16-,17+,18-,19-/m1/s1. The van der Waals surface area contributed by atoms with Crippen molar-refractivity contribution < 1.29 is 24.9 Å². The van der Waals surface area contributed by atoms with Crippen LogP contribution in [-0.2, 0) is 22.4 Å². The van der Waals surface area contributed by atoms with Crippen molar-refractivity contribution in [3.63, 3.8) is 0 Å². The number of carbonyl (C=O) groups is 1. The van der Waals surface area contributed by atoms with E-state index in [2.05, 4.69) is 5.32 Å². The maximum Gasteiger partial charge on any atom is 0.252 e. The van der Waals surface area contributed by atoms with Crippen LogP contribution in [-0.4, -0.2) is 58.8 Å². The number of hydrogen-bond donors (Lipinski definition) is 4. The number of aliphatic hydroxyl groups is 3. The van der Waals surface area contributed by atoms with Crippen molar-refractivity contribution >= 4 is 5.91 Å². The van der Waals surface area contributed by atoms with E-state index in [-0.39, 0.29) is 11.5 Å². The molecule has 0 bridgehead atoms. The number of ether oxygens (including phenoxy) is 1. The average molecular weight is 377 g/mol. The van der Waals surface area contributed by atoms with Gasteiger partial charge in [0.2, 0.25) is 0 Å². The Labute approximate surface area is 160 Å². The maximum absolute atomic E-state index is 12.6. The molecular weight excluding hydrogens is 346 g/mol. The van der Waals surface area contributed by atoms with Crippen LogP contribution >= 0.6 is 0 Å². The van der Waals surface area contributed by atoms with Gasteiger partial charge in [0.1, 0.15) is 18.3 Å². The average Bonchev–Trinajstić information content (AvgIpc) is 3.00. The van der Waals surface area contributed by atoms with Gasteiger partial charge in [-0.25, -0.2) is 0 Å². The van der Waals surface area contributed by atoms with Crippen molar-refractivity contribution in [1.82, 2.24) is 5.32 Å². The molecule has 0 heterocycles. The first-order valence-corrected chi connectivity index (χ1v) is 9.26. The number of methoxy groups -OCH3 is 1. The molecule has 0 aromatic heterocycles. The lowest BCUT2D eigenvalue weighted by atomic mass is 9.94. The number of aliphatic hydroxyl groups excluding tert-OH is 3. The minimum Gasteiger partial charge on any atom is -0.387 e. The van der Waals surface area contributed by atoms with Gasteiger partial charge in [-0.05, 0) is 29.4 Å². The van der Waals surface area contributed by atoms with Gasteiger partial charge in [-0.2, -0.15) is 0 Å². The molecule has 6 heteroatoms. The number of nitrogens with one attached hydrogen (secondary N) is 1. The molecule has 1 aromatic carbocycles. The Morgan fingerprint density at radius 1 is 1.15 bits per heavy atom. The molecule has 2 rings (SSSR count). The summed E-state index contributed by atoms with van der Waals surface area (Å²) in [7, 11) is 1.29. The zero-order valence-electron chi connectivity index (χ0n) is 16.4. The van der Waals surface area contributed by atoms with E-state index in [1.54, 1.807) is 6.08 Å². The Hall–Kier alpha value is -1.73. The largest absolute Gasteiger partial charge is 0.387 e. The molecule has 27 heavy (non-hydrogen) atoms. The molecule has 6 nitrogen and oxygen atoms in total. The highest BCUT2D eigenvalue weighted by atomic mass is 16.5. The molecule has 150 valence electrons. The van der Waals surface area contributed by atoms with E-state index in [9.17, 15) is 20.1 Å². The lowest BCUT2D eigenvalue weighted by molar-refractivity contribution is -0.149. The van der Waals surface area contributed by atoms with Crippen LogP contribution in [0.5, 0.6) is 0 Å². The fourth-order valence-corrected chi connectivity index (χ4v) is 3.23. The third-order valence-electron chi connectivity index (χ3n) is 4.71. The van der Waals surface area contributed by atoms with Gasteiger partial charge in [0, 0.05) is 13.2 Å². The van der Waals surface area contributed by atoms with Crippen LogP contribution in [0.2, 0.25) is 0 Å². The van der Waals surface area contributed by atoms with Crippen molar-refractivity contribution in [3.05, 3.63) is 47.5 Å². The van der Waals surface area contributed by atoms with E-state index in [0.29, 0.717) is 12.8 Å². The number of carbonyl (C=O) groups excluding carboxylic acids is 1. The van der Waals surface area contributed by atoms with Crippen LogP contribution in [0.3, 0.4) is 0 Å². The minimum atomic E-state index is -1.56. The lowest BCUT2D eigenvalue weighted by Gasteiger charge is -2.28. The van der Waals surface area contributed by atoms with Gasteiger partial charge in [0.15, 0.2) is 6.10 Å². The topological polar surface area (TPSA) is 99.0 Å². The van der Waals surface area contributed by atoms with Gasteiger partial charge in [0.25, 0.3) is 5.91 Å². The summed E-state index contributed by atoms with van der Waals surface area (Å²) in [6.07, 6.45) is -1.08. The summed E-state index contributed by atoms with van der Waals surface area (Å²) in [5, 5.41) is 33.6. The molecule has 0 saturated heterocycles. The molecule has 0 radical (unpaired) electrons. The van der Waals surface area contributed by atoms with E-state index < -0.39 is 30.3 Å². The van der Waals surface area contributed by atoms with Crippen LogP contribution in [0.1, 0.15) is 31.9 Å². The number of allylic oxidation sites excluding steroid dienone is 1. The summed E-state index contributed by atoms with van der Waals surface area (Å²) in [6.45, 7) is 5.85. The summed E-state index contributed by atoms with van der Waals surface area (Å²) in [4.78, 5) is 12.6. The highest BCUT2D eigenvalue weighted by Gasteiger charge is 2.36. The third kappa shape index (κ3) is 5.87. The number of rotatable bonds is 7. The van der Waals surface area contributed by atoms with Gasteiger partial charge in [-0.3, -0.25) is 4.79 Å². The molecule has 0 saturated carbocycles. The van der Waals surface area contributed by atoms with Gasteiger partial charge in [-0.1, -0.05) is 57.2 Å². The molecule has 1 amide bonds. The second-order valence-electron chi connectivity index (χ2n) is 8.24. The van der Waals surface area contributed by atoms with Gasteiger partial charge in [0.05, 0.1) is 0 Å². The number of benzene rings is 1. The van der Waals surface area contributed by atoms with Gasteiger partial charge in [-0.15, -0.1) is 0 Å². The predicted molar refractivity (Wildman–Crippen MR) is 103 cm³/mol. The summed E-state index contributed by atoms with van der Waals surface area (Å²) in [6, 6.07) is 7.92. The first kappa shape index (κ1) is 21.6. The molecule has 4 atom stereocenters. The van der Waals surface area contributed by atoms with E-state index in [4.69, 9.17) is 4.74 Å². The zero-order chi connectivity index (χ0) is 20.2.